The first kappa shape index (κ1) is 16.3. The smallest absolute Gasteiger partial charge is 0.543 e. The van der Waals surface area contributed by atoms with Crippen LogP contribution in [0.25, 0.3) is 0 Å². The van der Waals surface area contributed by atoms with Gasteiger partial charge in [-0.05, 0) is 0 Å². The Morgan fingerprint density at radius 3 is 1.09 bits per heavy atom. The average molecular weight is 206 g/mol. The first-order valence-corrected chi connectivity index (χ1v) is 1.61. The van der Waals surface area contributed by atoms with Gasteiger partial charge in [-0.2, -0.15) is 0 Å². The van der Waals surface area contributed by atoms with Gasteiger partial charge >= 0.3 is 17.1 Å². The molecule has 0 saturated carbocycles. The van der Waals surface area contributed by atoms with Crippen molar-refractivity contribution < 1.29 is 42.0 Å². The van der Waals surface area contributed by atoms with Crippen molar-refractivity contribution in [1.29, 1.82) is 0 Å². The maximum absolute atomic E-state index is 8.93. The van der Waals surface area contributed by atoms with E-state index in [2.05, 4.69) is 0 Å². The van der Waals surface area contributed by atoms with Crippen LogP contribution in [0, 0.1) is 15.3 Å². The molecule has 11 heavy (non-hydrogen) atoms. The van der Waals surface area contributed by atoms with Crippen molar-refractivity contribution in [2.45, 2.75) is 0 Å². The largest absolute Gasteiger partial charge is 3.00 e. The second-order valence-corrected chi connectivity index (χ2v) is 0.799. The molecule has 0 aliphatic heterocycles. The van der Waals surface area contributed by atoms with E-state index in [0.717, 1.165) is 0 Å². The van der Waals surface area contributed by atoms with E-state index < -0.39 is 17.0 Å². The van der Waals surface area contributed by atoms with Crippen molar-refractivity contribution in [3.8, 4) is 0 Å². The third-order valence-corrected chi connectivity index (χ3v) is 0.167. The van der Waals surface area contributed by atoms with Crippen LogP contribution in [0.15, 0.2) is 0 Å². The SMILES string of the molecule is O=C([O-])C(=O)[O-].O=[N+]([O-])[O-].[Fe+3]. The molecule has 0 aromatic heterocycles. The number of carboxylic acid groups (broad SMARTS) is 2. The van der Waals surface area contributed by atoms with Crippen LogP contribution in [0.5, 0.6) is 0 Å². The summed E-state index contributed by atoms with van der Waals surface area (Å²) in [5.74, 6) is -4.37. The molecule has 0 N–H and O–H groups in total. The minimum absolute atomic E-state index is 0. The predicted molar refractivity (Wildman–Crippen MR) is 20.4 cm³/mol. The summed E-state index contributed by atoms with van der Waals surface area (Å²) in [4.78, 5) is 26.1. The molecule has 0 heterocycles. The summed E-state index contributed by atoms with van der Waals surface area (Å²) in [5.41, 5.74) is 0. The van der Waals surface area contributed by atoms with Crippen LogP contribution in [0.2, 0.25) is 0 Å². The van der Waals surface area contributed by atoms with E-state index >= 15 is 0 Å². The zero-order valence-corrected chi connectivity index (χ0v) is 5.76. The number of carbonyl (C=O) groups excluding carboxylic acids is 2. The van der Waals surface area contributed by atoms with Gasteiger partial charge in [-0.25, -0.2) is 0 Å². The van der Waals surface area contributed by atoms with Gasteiger partial charge in [-0.3, -0.25) is 0 Å². The summed E-state index contributed by atoms with van der Waals surface area (Å²) in [6.07, 6.45) is 0. The molecule has 8 nitrogen and oxygen atoms in total. The van der Waals surface area contributed by atoms with Gasteiger partial charge in [0, 0.05) is 0 Å². The van der Waals surface area contributed by atoms with Crippen molar-refractivity contribution in [2.75, 3.05) is 0 Å². The standard InChI is InChI=1S/C2H2O4.Fe.NO3/c3-1(4)2(5)6;;2-1(3)4/h(H,3,4)(H,5,6);;/q;+3;-1/p-2. The topological polar surface area (TPSA) is 146 Å². The van der Waals surface area contributed by atoms with E-state index in [0.29, 0.717) is 0 Å². The summed E-state index contributed by atoms with van der Waals surface area (Å²) < 4.78 is 0. The Kier molecular flexibility index (Phi) is 12.9. The Bertz CT molecular complexity index is 139. The zero-order chi connectivity index (χ0) is 8.73. The average Bonchev–Trinajstić information content (AvgIpc) is 1.63. The molecule has 0 spiro atoms. The Morgan fingerprint density at radius 2 is 1.09 bits per heavy atom. The van der Waals surface area contributed by atoms with Crippen LogP contribution in [0.1, 0.15) is 0 Å². The van der Waals surface area contributed by atoms with Crippen molar-refractivity contribution in [2.24, 2.45) is 0 Å². The fourth-order valence-corrected chi connectivity index (χ4v) is 0. The molecular formula is C2FeNO7. The van der Waals surface area contributed by atoms with E-state index in [4.69, 9.17) is 35.1 Å². The van der Waals surface area contributed by atoms with Gasteiger partial charge in [-0.15, -0.1) is 0 Å². The molecule has 1 radical (unpaired) electrons. The molecular weight excluding hydrogens is 206 g/mol. The van der Waals surface area contributed by atoms with Crippen LogP contribution in [-0.4, -0.2) is 17.0 Å². The van der Waals surface area contributed by atoms with Gasteiger partial charge in [0.2, 0.25) is 0 Å². The maximum Gasteiger partial charge on any atom is 3.00 e. The van der Waals surface area contributed by atoms with Gasteiger partial charge < -0.3 is 35.1 Å². The van der Waals surface area contributed by atoms with E-state index in [1.54, 1.807) is 0 Å². The van der Waals surface area contributed by atoms with Crippen molar-refractivity contribution in [1.82, 2.24) is 0 Å². The maximum atomic E-state index is 8.93. The predicted octanol–water partition coefficient (Wildman–Crippen LogP) is -3.76. The second kappa shape index (κ2) is 8.66. The third kappa shape index (κ3) is 54.3. The van der Waals surface area contributed by atoms with Gasteiger partial charge in [-0.1, -0.05) is 0 Å². The first-order chi connectivity index (χ1) is 4.37. The molecule has 0 aromatic carbocycles. The molecule has 9 heteroatoms. The first-order valence-electron chi connectivity index (χ1n) is 1.61. The van der Waals surface area contributed by atoms with Crippen LogP contribution in [0.4, 0.5) is 0 Å². The number of hydrogen-bond acceptors (Lipinski definition) is 7. The van der Waals surface area contributed by atoms with E-state index in [1.165, 1.54) is 0 Å². The summed E-state index contributed by atoms with van der Waals surface area (Å²) in [6.45, 7) is 0. The number of carbonyl (C=O) groups is 2. The normalized spacial score (nSPS) is 6.18. The molecule has 0 unspecified atom stereocenters. The van der Waals surface area contributed by atoms with Crippen LogP contribution in [0.3, 0.4) is 0 Å². The number of hydrogen-bond donors (Lipinski definition) is 0. The molecule has 0 saturated heterocycles. The summed E-state index contributed by atoms with van der Waals surface area (Å²) in [5, 5.41) is 32.6. The fourth-order valence-electron chi connectivity index (χ4n) is 0. The van der Waals surface area contributed by atoms with Crippen molar-refractivity contribution in [3.63, 3.8) is 0 Å². The van der Waals surface area contributed by atoms with Crippen LogP contribution in [-0.2, 0) is 26.7 Å². The van der Waals surface area contributed by atoms with E-state index in [1.807, 2.05) is 0 Å². The number of rotatable bonds is 0. The second-order valence-electron chi connectivity index (χ2n) is 0.799. The Hall–Kier alpha value is -1.34. The molecule has 0 atom stereocenters. The molecule has 0 aliphatic carbocycles. The van der Waals surface area contributed by atoms with Crippen LogP contribution < -0.4 is 10.2 Å². The summed E-state index contributed by atoms with van der Waals surface area (Å²) in [7, 11) is 0. The minimum Gasteiger partial charge on any atom is -0.543 e. The molecule has 0 rings (SSSR count). The van der Waals surface area contributed by atoms with Gasteiger partial charge in [0.15, 0.2) is 0 Å². The zero-order valence-electron chi connectivity index (χ0n) is 4.66. The molecule has 0 aromatic rings. The summed E-state index contributed by atoms with van der Waals surface area (Å²) in [6, 6.07) is 0. The van der Waals surface area contributed by atoms with Crippen molar-refractivity contribution in [3.05, 3.63) is 15.3 Å². The van der Waals surface area contributed by atoms with Crippen molar-refractivity contribution >= 4 is 11.9 Å². The molecule has 0 bridgehead atoms. The molecule has 0 fully saturated rings. The number of nitrogens with zero attached hydrogens (tertiary/aromatic N) is 1. The quantitative estimate of drug-likeness (QED) is 0.171. The molecule has 0 aliphatic rings. The Labute approximate surface area is 70.0 Å². The minimum atomic E-state index is -2.19. The van der Waals surface area contributed by atoms with E-state index in [9.17, 15) is 0 Å². The Balaban J connectivity index is -0.000000114. The van der Waals surface area contributed by atoms with Gasteiger partial charge in [0.25, 0.3) is 0 Å². The van der Waals surface area contributed by atoms with Crippen LogP contribution >= 0.6 is 0 Å². The Morgan fingerprint density at radius 1 is 1.00 bits per heavy atom. The number of carboxylic acids is 2. The van der Waals surface area contributed by atoms with E-state index in [-0.39, 0.29) is 17.1 Å². The summed E-state index contributed by atoms with van der Waals surface area (Å²) >= 11 is 0. The van der Waals surface area contributed by atoms with Gasteiger partial charge in [0.05, 0.1) is 17.0 Å². The number of aliphatic carboxylic acids is 2. The molecule has 63 valence electrons. The monoisotopic (exact) mass is 206 g/mol. The third-order valence-electron chi connectivity index (χ3n) is 0.167. The fraction of sp³-hybridized carbons (Fsp3) is 0. The molecule has 0 amide bonds. The van der Waals surface area contributed by atoms with Gasteiger partial charge in [0.1, 0.15) is 0 Å².